The monoisotopic (exact) mass is 301 g/mol. The fourth-order valence-corrected chi connectivity index (χ4v) is 2.09. The van der Waals surface area contributed by atoms with Crippen molar-refractivity contribution in [3.8, 4) is 17.1 Å². The van der Waals surface area contributed by atoms with Crippen molar-refractivity contribution in [2.24, 2.45) is 0 Å². The minimum atomic E-state index is -0.112. The summed E-state index contributed by atoms with van der Waals surface area (Å²) in [6.45, 7) is 6.31. The van der Waals surface area contributed by atoms with Crippen LogP contribution in [0.2, 0.25) is 0 Å². The van der Waals surface area contributed by atoms with Crippen molar-refractivity contribution in [3.63, 3.8) is 0 Å². The highest BCUT2D eigenvalue weighted by Crippen LogP contribution is 2.31. The third-order valence-electron chi connectivity index (χ3n) is 3.59. The Bertz CT molecular complexity index is 720. The lowest BCUT2D eigenvalue weighted by molar-refractivity contribution is 0.318. The number of hydrogen-bond donors (Lipinski definition) is 1. The van der Waals surface area contributed by atoms with E-state index in [0.29, 0.717) is 18.0 Å². The first-order valence-corrected chi connectivity index (χ1v) is 7.46. The number of aryl methyl sites for hydroxylation is 1. The molecule has 2 rings (SSSR count). The Labute approximate surface area is 131 Å². The molecule has 0 saturated heterocycles. The SMILES string of the molecule is CCCOc1ccc(N(C)C)cc1-c1nc(C)c(C)c(=O)[nH]1. The number of anilines is 1. The van der Waals surface area contributed by atoms with Crippen LogP contribution in [0.1, 0.15) is 24.6 Å². The number of aromatic nitrogens is 2. The lowest BCUT2D eigenvalue weighted by atomic mass is 10.1. The van der Waals surface area contributed by atoms with Crippen LogP contribution in [-0.2, 0) is 0 Å². The lowest BCUT2D eigenvalue weighted by Crippen LogP contribution is -2.15. The van der Waals surface area contributed by atoms with E-state index in [9.17, 15) is 4.79 Å². The summed E-state index contributed by atoms with van der Waals surface area (Å²) in [6, 6.07) is 5.90. The summed E-state index contributed by atoms with van der Waals surface area (Å²) in [5.41, 5.74) is 3.10. The molecule has 0 unspecified atom stereocenters. The van der Waals surface area contributed by atoms with E-state index in [-0.39, 0.29) is 5.56 Å². The van der Waals surface area contributed by atoms with Gasteiger partial charge in [-0.05, 0) is 38.5 Å². The number of ether oxygens (including phenoxy) is 1. The Morgan fingerprint density at radius 2 is 2.00 bits per heavy atom. The number of nitrogens with zero attached hydrogens (tertiary/aromatic N) is 2. The van der Waals surface area contributed by atoms with Gasteiger partial charge in [-0.15, -0.1) is 0 Å². The number of rotatable bonds is 5. The second-order valence-corrected chi connectivity index (χ2v) is 5.55. The second kappa shape index (κ2) is 6.64. The first-order valence-electron chi connectivity index (χ1n) is 7.46. The highest BCUT2D eigenvalue weighted by Gasteiger charge is 2.13. The fourth-order valence-electron chi connectivity index (χ4n) is 2.09. The van der Waals surface area contributed by atoms with Crippen LogP contribution < -0.4 is 15.2 Å². The van der Waals surface area contributed by atoms with Gasteiger partial charge in [0, 0.05) is 31.0 Å². The molecule has 0 amide bonds. The molecule has 0 atom stereocenters. The maximum atomic E-state index is 12.0. The van der Waals surface area contributed by atoms with Gasteiger partial charge in [-0.25, -0.2) is 4.98 Å². The van der Waals surface area contributed by atoms with Crippen LogP contribution in [-0.4, -0.2) is 30.7 Å². The quantitative estimate of drug-likeness (QED) is 0.922. The van der Waals surface area contributed by atoms with E-state index in [2.05, 4.69) is 16.9 Å². The molecule has 0 fully saturated rings. The van der Waals surface area contributed by atoms with Gasteiger partial charge in [-0.2, -0.15) is 0 Å². The van der Waals surface area contributed by atoms with Gasteiger partial charge in [0.15, 0.2) is 0 Å². The number of nitrogens with one attached hydrogen (secondary N) is 1. The van der Waals surface area contributed by atoms with E-state index in [1.54, 1.807) is 6.92 Å². The highest BCUT2D eigenvalue weighted by atomic mass is 16.5. The van der Waals surface area contributed by atoms with Gasteiger partial charge in [0.25, 0.3) is 5.56 Å². The average Bonchev–Trinajstić information content (AvgIpc) is 2.49. The lowest BCUT2D eigenvalue weighted by Gasteiger charge is -2.17. The van der Waals surface area contributed by atoms with E-state index in [4.69, 9.17) is 4.74 Å². The van der Waals surface area contributed by atoms with E-state index in [1.807, 2.05) is 44.1 Å². The normalized spacial score (nSPS) is 10.6. The molecule has 0 radical (unpaired) electrons. The summed E-state index contributed by atoms with van der Waals surface area (Å²) in [5, 5.41) is 0. The predicted molar refractivity (Wildman–Crippen MR) is 89.9 cm³/mol. The van der Waals surface area contributed by atoms with Gasteiger partial charge in [0.05, 0.1) is 12.2 Å². The van der Waals surface area contributed by atoms with Crippen molar-refractivity contribution < 1.29 is 4.74 Å². The molecule has 0 aliphatic rings. The fraction of sp³-hybridized carbons (Fsp3) is 0.412. The van der Waals surface area contributed by atoms with E-state index in [1.165, 1.54) is 0 Å². The zero-order valence-corrected chi connectivity index (χ0v) is 13.9. The molecule has 0 aliphatic heterocycles. The molecular formula is C17H23N3O2. The molecule has 5 heteroatoms. The van der Waals surface area contributed by atoms with E-state index < -0.39 is 0 Å². The molecule has 1 aromatic heterocycles. The predicted octanol–water partition coefficient (Wildman–Crippen LogP) is 2.91. The van der Waals surface area contributed by atoms with Crippen molar-refractivity contribution in [1.82, 2.24) is 9.97 Å². The molecule has 0 aliphatic carbocycles. The van der Waals surface area contributed by atoms with Crippen LogP contribution in [0, 0.1) is 13.8 Å². The smallest absolute Gasteiger partial charge is 0.254 e. The standard InChI is InChI=1S/C17H23N3O2/c1-6-9-22-15-8-7-13(20(4)5)10-14(15)16-18-12(3)11(2)17(21)19-16/h7-8,10H,6,9H2,1-5H3,(H,18,19,21). The van der Waals surface area contributed by atoms with Crippen molar-refractivity contribution >= 4 is 5.69 Å². The van der Waals surface area contributed by atoms with Gasteiger partial charge >= 0.3 is 0 Å². The van der Waals surface area contributed by atoms with Crippen LogP contribution in [0.15, 0.2) is 23.0 Å². The van der Waals surface area contributed by atoms with Crippen molar-refractivity contribution in [1.29, 1.82) is 0 Å². The Hall–Kier alpha value is -2.30. The van der Waals surface area contributed by atoms with Crippen molar-refractivity contribution in [2.45, 2.75) is 27.2 Å². The summed E-state index contributed by atoms with van der Waals surface area (Å²) in [6.07, 6.45) is 0.922. The van der Waals surface area contributed by atoms with Gasteiger partial charge in [0.1, 0.15) is 11.6 Å². The molecule has 1 aromatic carbocycles. The summed E-state index contributed by atoms with van der Waals surface area (Å²) >= 11 is 0. The summed E-state index contributed by atoms with van der Waals surface area (Å²) in [7, 11) is 3.95. The van der Waals surface area contributed by atoms with Crippen LogP contribution in [0.3, 0.4) is 0 Å². The van der Waals surface area contributed by atoms with Gasteiger partial charge in [0.2, 0.25) is 0 Å². The Morgan fingerprint density at radius 3 is 2.59 bits per heavy atom. The molecule has 5 nitrogen and oxygen atoms in total. The van der Waals surface area contributed by atoms with Crippen molar-refractivity contribution in [3.05, 3.63) is 39.8 Å². The van der Waals surface area contributed by atoms with E-state index >= 15 is 0 Å². The largest absolute Gasteiger partial charge is 0.493 e. The number of hydrogen-bond acceptors (Lipinski definition) is 4. The third kappa shape index (κ3) is 3.30. The molecule has 118 valence electrons. The second-order valence-electron chi connectivity index (χ2n) is 5.55. The number of benzene rings is 1. The van der Waals surface area contributed by atoms with Crippen LogP contribution >= 0.6 is 0 Å². The number of H-pyrrole nitrogens is 1. The molecule has 2 aromatic rings. The van der Waals surface area contributed by atoms with Crippen LogP contribution in [0.4, 0.5) is 5.69 Å². The number of aromatic amines is 1. The average molecular weight is 301 g/mol. The molecule has 0 bridgehead atoms. The van der Waals surface area contributed by atoms with Gasteiger partial charge in [-0.3, -0.25) is 4.79 Å². The molecular weight excluding hydrogens is 278 g/mol. The summed E-state index contributed by atoms with van der Waals surface area (Å²) in [5.74, 6) is 1.28. The Kier molecular flexibility index (Phi) is 4.85. The summed E-state index contributed by atoms with van der Waals surface area (Å²) in [4.78, 5) is 21.4. The molecule has 1 heterocycles. The van der Waals surface area contributed by atoms with Crippen molar-refractivity contribution in [2.75, 3.05) is 25.6 Å². The van der Waals surface area contributed by atoms with E-state index in [0.717, 1.165) is 29.1 Å². The maximum absolute atomic E-state index is 12.0. The molecule has 0 spiro atoms. The molecule has 0 saturated carbocycles. The minimum Gasteiger partial charge on any atom is -0.493 e. The van der Waals surface area contributed by atoms with Crippen LogP contribution in [0.25, 0.3) is 11.4 Å². The third-order valence-corrected chi connectivity index (χ3v) is 3.59. The van der Waals surface area contributed by atoms with Crippen LogP contribution in [0.5, 0.6) is 5.75 Å². The first-order chi connectivity index (χ1) is 10.4. The summed E-state index contributed by atoms with van der Waals surface area (Å²) < 4.78 is 5.80. The zero-order valence-electron chi connectivity index (χ0n) is 13.9. The molecule has 1 N–H and O–H groups in total. The zero-order chi connectivity index (χ0) is 16.3. The maximum Gasteiger partial charge on any atom is 0.254 e. The topological polar surface area (TPSA) is 58.2 Å². The van der Waals surface area contributed by atoms with Gasteiger partial charge in [-0.1, -0.05) is 6.92 Å². The molecule has 22 heavy (non-hydrogen) atoms. The minimum absolute atomic E-state index is 0.112. The highest BCUT2D eigenvalue weighted by molar-refractivity contribution is 5.70. The van der Waals surface area contributed by atoms with Gasteiger partial charge < -0.3 is 14.6 Å². The Morgan fingerprint density at radius 1 is 1.27 bits per heavy atom. The first kappa shape index (κ1) is 16.1. The Balaban J connectivity index is 2.59.